The highest BCUT2D eigenvalue weighted by molar-refractivity contribution is 5.76. The van der Waals surface area contributed by atoms with Crippen LogP contribution < -0.4 is 5.32 Å². The number of carbonyl (C=O) groups excluding carboxylic acids is 1. The highest BCUT2D eigenvalue weighted by Crippen LogP contribution is 2.22. The monoisotopic (exact) mass is 599 g/mol. The van der Waals surface area contributed by atoms with Crippen molar-refractivity contribution < 1.29 is 39.8 Å². The maximum atomic E-state index is 12.7. The van der Waals surface area contributed by atoms with Gasteiger partial charge in [-0.25, -0.2) is 0 Å². The average molecular weight is 600 g/mol. The summed E-state index contributed by atoms with van der Waals surface area (Å²) >= 11 is 0. The molecular weight excluding hydrogens is 538 g/mol. The third-order valence-corrected chi connectivity index (χ3v) is 7.78. The molecule has 246 valence electrons. The first-order valence-electron chi connectivity index (χ1n) is 16.6. The van der Waals surface area contributed by atoms with Crippen LogP contribution in [-0.2, 0) is 14.3 Å². The Morgan fingerprint density at radius 3 is 2.00 bits per heavy atom. The summed E-state index contributed by atoms with van der Waals surface area (Å²) in [5, 5.41) is 53.5. The van der Waals surface area contributed by atoms with Gasteiger partial charge < -0.3 is 40.3 Å². The van der Waals surface area contributed by atoms with E-state index in [-0.39, 0.29) is 12.5 Å². The number of ether oxygens (including phenoxy) is 2. The van der Waals surface area contributed by atoms with Crippen LogP contribution in [0.4, 0.5) is 0 Å². The van der Waals surface area contributed by atoms with E-state index in [1.54, 1.807) is 6.08 Å². The van der Waals surface area contributed by atoms with Gasteiger partial charge in [-0.05, 0) is 32.1 Å². The fourth-order valence-electron chi connectivity index (χ4n) is 4.99. The van der Waals surface area contributed by atoms with Crippen LogP contribution in [0.2, 0.25) is 0 Å². The van der Waals surface area contributed by atoms with E-state index < -0.39 is 49.5 Å². The fourth-order valence-corrected chi connectivity index (χ4v) is 4.99. The van der Waals surface area contributed by atoms with Gasteiger partial charge in [0, 0.05) is 6.42 Å². The van der Waals surface area contributed by atoms with Gasteiger partial charge in [0.25, 0.3) is 0 Å². The van der Waals surface area contributed by atoms with Crippen LogP contribution in [-0.4, -0.2) is 87.5 Å². The van der Waals surface area contributed by atoms with Crippen LogP contribution >= 0.6 is 0 Å². The molecule has 9 heteroatoms. The number of aliphatic hydroxyl groups excluding tert-OH is 5. The van der Waals surface area contributed by atoms with Crippen molar-refractivity contribution in [1.82, 2.24) is 5.32 Å². The summed E-state index contributed by atoms with van der Waals surface area (Å²) in [6.45, 7) is 3.64. The smallest absolute Gasteiger partial charge is 0.220 e. The average Bonchev–Trinajstić information content (AvgIpc) is 2.98. The lowest BCUT2D eigenvalue weighted by Gasteiger charge is -2.40. The lowest BCUT2D eigenvalue weighted by molar-refractivity contribution is -0.302. The number of allylic oxidation sites excluding steroid dienone is 3. The molecule has 0 bridgehead atoms. The van der Waals surface area contributed by atoms with Crippen molar-refractivity contribution in [3.05, 3.63) is 24.3 Å². The van der Waals surface area contributed by atoms with Crippen LogP contribution in [0.15, 0.2) is 24.3 Å². The van der Waals surface area contributed by atoms with Crippen molar-refractivity contribution in [3.63, 3.8) is 0 Å². The number of nitrogens with one attached hydrogen (secondary N) is 1. The Kier molecular flexibility index (Phi) is 23.1. The summed E-state index contributed by atoms with van der Waals surface area (Å²) in [5.74, 6) is -0.195. The summed E-state index contributed by atoms with van der Waals surface area (Å²) in [6, 6.07) is -0.811. The van der Waals surface area contributed by atoms with Crippen LogP contribution in [0.25, 0.3) is 0 Å². The summed E-state index contributed by atoms with van der Waals surface area (Å²) in [5.41, 5.74) is 0. The lowest BCUT2D eigenvalue weighted by Crippen LogP contribution is -2.60. The molecule has 42 heavy (non-hydrogen) atoms. The number of amides is 1. The van der Waals surface area contributed by atoms with Gasteiger partial charge in [0.15, 0.2) is 6.29 Å². The van der Waals surface area contributed by atoms with E-state index in [4.69, 9.17) is 9.47 Å². The minimum atomic E-state index is -1.56. The van der Waals surface area contributed by atoms with Gasteiger partial charge in [0.05, 0.1) is 25.4 Å². The Bertz CT molecular complexity index is 716. The zero-order valence-corrected chi connectivity index (χ0v) is 26.2. The molecule has 1 aliphatic rings. The Morgan fingerprint density at radius 1 is 0.786 bits per heavy atom. The molecule has 1 fully saturated rings. The molecule has 9 nitrogen and oxygen atoms in total. The number of aliphatic hydroxyl groups is 5. The van der Waals surface area contributed by atoms with E-state index in [0.717, 1.165) is 38.5 Å². The lowest BCUT2D eigenvalue weighted by atomic mass is 9.99. The SMILES string of the molecule is CCCCC/C=C/CC/C=C/C(O)C(COC1OC(CO)C(O)C(O)C1O)NC(=O)CCCCCCCCCCCC. The van der Waals surface area contributed by atoms with Gasteiger partial charge in [-0.15, -0.1) is 0 Å². The van der Waals surface area contributed by atoms with Crippen molar-refractivity contribution in [2.24, 2.45) is 0 Å². The zero-order chi connectivity index (χ0) is 31.0. The first kappa shape index (κ1) is 38.7. The van der Waals surface area contributed by atoms with Gasteiger partial charge in [-0.2, -0.15) is 0 Å². The number of carbonyl (C=O) groups is 1. The molecule has 1 saturated heterocycles. The van der Waals surface area contributed by atoms with Crippen molar-refractivity contribution in [2.45, 2.75) is 166 Å². The minimum absolute atomic E-state index is 0.195. The van der Waals surface area contributed by atoms with E-state index in [2.05, 4.69) is 31.3 Å². The van der Waals surface area contributed by atoms with Crippen molar-refractivity contribution in [2.75, 3.05) is 13.2 Å². The first-order valence-corrected chi connectivity index (χ1v) is 16.6. The van der Waals surface area contributed by atoms with Crippen molar-refractivity contribution >= 4 is 5.91 Å². The molecule has 0 aliphatic carbocycles. The van der Waals surface area contributed by atoms with Crippen LogP contribution in [0.5, 0.6) is 0 Å². The van der Waals surface area contributed by atoms with Gasteiger partial charge in [-0.1, -0.05) is 109 Å². The maximum absolute atomic E-state index is 12.7. The van der Waals surface area contributed by atoms with E-state index in [1.807, 2.05) is 6.08 Å². The Labute approximate surface area is 254 Å². The van der Waals surface area contributed by atoms with E-state index in [1.165, 1.54) is 64.2 Å². The predicted octanol–water partition coefficient (Wildman–Crippen LogP) is 4.43. The standard InChI is InChI=1S/C33H61NO8/c1-3-5-7-9-11-13-15-17-19-21-23-29(37)34-26(27(36)22-20-18-16-14-12-10-8-6-4-2)25-41-33-32(40)31(39)30(38)28(24-35)42-33/h12,14,20,22,26-28,30-33,35-36,38-40H,3-11,13,15-19,21,23-25H2,1-2H3,(H,34,37)/b14-12+,22-20+. The van der Waals surface area contributed by atoms with Crippen molar-refractivity contribution in [3.8, 4) is 0 Å². The second kappa shape index (κ2) is 25.0. The van der Waals surface area contributed by atoms with Crippen LogP contribution in [0, 0.1) is 0 Å². The predicted molar refractivity (Wildman–Crippen MR) is 166 cm³/mol. The molecule has 1 aliphatic heterocycles. The molecule has 1 rings (SSSR count). The molecule has 0 spiro atoms. The maximum Gasteiger partial charge on any atom is 0.220 e. The van der Waals surface area contributed by atoms with Gasteiger partial charge >= 0.3 is 0 Å². The van der Waals surface area contributed by atoms with Crippen molar-refractivity contribution in [1.29, 1.82) is 0 Å². The van der Waals surface area contributed by atoms with Crippen LogP contribution in [0.3, 0.4) is 0 Å². The van der Waals surface area contributed by atoms with E-state index >= 15 is 0 Å². The second-order valence-corrected chi connectivity index (χ2v) is 11.6. The largest absolute Gasteiger partial charge is 0.394 e. The number of hydrogen-bond acceptors (Lipinski definition) is 8. The number of rotatable bonds is 25. The van der Waals surface area contributed by atoms with E-state index in [9.17, 15) is 30.3 Å². The zero-order valence-electron chi connectivity index (χ0n) is 26.2. The molecule has 0 saturated carbocycles. The third-order valence-electron chi connectivity index (χ3n) is 7.78. The Hall–Kier alpha value is -1.33. The molecule has 0 radical (unpaired) electrons. The number of hydrogen-bond donors (Lipinski definition) is 6. The summed E-state index contributed by atoms with van der Waals surface area (Å²) in [7, 11) is 0. The number of unbranched alkanes of at least 4 members (excludes halogenated alkanes) is 13. The molecule has 0 aromatic heterocycles. The van der Waals surface area contributed by atoms with Gasteiger partial charge in [-0.3, -0.25) is 4.79 Å². The fraction of sp³-hybridized carbons (Fsp3) is 0.848. The molecule has 1 heterocycles. The molecule has 6 N–H and O–H groups in total. The molecule has 0 aromatic rings. The minimum Gasteiger partial charge on any atom is -0.394 e. The molecule has 7 atom stereocenters. The normalized spacial score (nSPS) is 24.4. The topological polar surface area (TPSA) is 149 Å². The second-order valence-electron chi connectivity index (χ2n) is 11.6. The highest BCUT2D eigenvalue weighted by Gasteiger charge is 2.44. The summed E-state index contributed by atoms with van der Waals surface area (Å²) in [4.78, 5) is 12.7. The quantitative estimate of drug-likeness (QED) is 0.0667. The van der Waals surface area contributed by atoms with E-state index in [0.29, 0.717) is 6.42 Å². The van der Waals surface area contributed by atoms with Gasteiger partial charge in [0.1, 0.15) is 24.4 Å². The van der Waals surface area contributed by atoms with Gasteiger partial charge in [0.2, 0.25) is 5.91 Å². The summed E-state index contributed by atoms with van der Waals surface area (Å²) in [6.07, 6.45) is 18.1. The molecule has 7 unspecified atom stereocenters. The molecule has 0 aromatic carbocycles. The third kappa shape index (κ3) is 17.1. The molecule has 1 amide bonds. The summed E-state index contributed by atoms with van der Waals surface area (Å²) < 4.78 is 11.1. The Morgan fingerprint density at radius 2 is 1.36 bits per heavy atom. The first-order chi connectivity index (χ1) is 20.3. The van der Waals surface area contributed by atoms with Crippen LogP contribution in [0.1, 0.15) is 123 Å². The highest BCUT2D eigenvalue weighted by atomic mass is 16.7. The Balaban J connectivity index is 2.57. The molecular formula is C33H61NO8.